The first-order valence-corrected chi connectivity index (χ1v) is 6.39. The van der Waals surface area contributed by atoms with E-state index in [0.717, 1.165) is 12.1 Å². The summed E-state index contributed by atoms with van der Waals surface area (Å²) in [7, 11) is 0. The first-order valence-electron chi connectivity index (χ1n) is 6.39. The molecule has 2 aromatic carbocycles. The number of carbonyl (C=O) groups excluding carboxylic acids is 1. The minimum Gasteiger partial charge on any atom is -0.356 e. The molecule has 1 heterocycles. The Morgan fingerprint density at radius 3 is 2.14 bits per heavy atom. The van der Waals surface area contributed by atoms with Crippen LogP contribution in [-0.4, -0.2) is 11.9 Å². The topological polar surface area (TPSA) is 29.6 Å². The Bertz CT molecular complexity index is 647. The number of hydrogen-bond acceptors (Lipinski definition) is 2. The molecule has 0 radical (unpaired) electrons. The number of hydrogen-bond donors (Lipinski definition) is 0. The van der Waals surface area contributed by atoms with Gasteiger partial charge in [-0.2, -0.15) is 13.2 Å². The number of carbonyl (C=O) groups is 1. The minimum atomic E-state index is -4.36. The molecule has 0 amide bonds. The highest BCUT2D eigenvalue weighted by molar-refractivity contribution is 6.01. The van der Waals surface area contributed by atoms with Crippen molar-refractivity contribution in [2.45, 2.75) is 18.4 Å². The van der Waals surface area contributed by atoms with E-state index in [1.165, 1.54) is 12.1 Å². The quantitative estimate of drug-likeness (QED) is 0.631. The van der Waals surface area contributed by atoms with Crippen molar-refractivity contribution in [2.75, 3.05) is 0 Å². The molecule has 0 aromatic heterocycles. The zero-order valence-corrected chi connectivity index (χ0v) is 10.8. The van der Waals surface area contributed by atoms with E-state index in [2.05, 4.69) is 0 Å². The minimum absolute atomic E-state index is 0.152. The molecule has 108 valence electrons. The third-order valence-corrected chi connectivity index (χ3v) is 3.37. The van der Waals surface area contributed by atoms with Crippen LogP contribution in [0.2, 0.25) is 0 Å². The normalized spacial score (nSPS) is 21.1. The lowest BCUT2D eigenvalue weighted by atomic mass is 10.0. The van der Waals surface area contributed by atoms with Crippen molar-refractivity contribution in [3.05, 3.63) is 71.3 Å². The van der Waals surface area contributed by atoms with Crippen molar-refractivity contribution in [3.8, 4) is 0 Å². The zero-order chi connectivity index (χ0) is 15.0. The summed E-state index contributed by atoms with van der Waals surface area (Å²) in [5.41, 5.74) is 0.409. The van der Waals surface area contributed by atoms with Gasteiger partial charge in [-0.3, -0.25) is 4.79 Å². The monoisotopic (exact) mass is 292 g/mol. The molecule has 21 heavy (non-hydrogen) atoms. The molecule has 0 aliphatic carbocycles. The molecule has 1 aliphatic heterocycles. The van der Waals surface area contributed by atoms with Crippen LogP contribution in [0.4, 0.5) is 13.2 Å². The van der Waals surface area contributed by atoms with E-state index < -0.39 is 23.9 Å². The Balaban J connectivity index is 1.72. The fraction of sp³-hybridized carbons (Fsp3) is 0.188. The van der Waals surface area contributed by atoms with E-state index in [1.807, 2.05) is 0 Å². The third kappa shape index (κ3) is 2.83. The fourth-order valence-electron chi connectivity index (χ4n) is 2.19. The molecule has 1 aliphatic rings. The largest absolute Gasteiger partial charge is 0.416 e. The Kier molecular flexibility index (Phi) is 3.29. The van der Waals surface area contributed by atoms with Gasteiger partial charge in [0.25, 0.3) is 0 Å². The second-order valence-electron chi connectivity index (χ2n) is 4.83. The zero-order valence-electron chi connectivity index (χ0n) is 10.8. The van der Waals surface area contributed by atoms with Gasteiger partial charge in [0, 0.05) is 5.56 Å². The van der Waals surface area contributed by atoms with Crippen LogP contribution in [0.15, 0.2) is 54.6 Å². The van der Waals surface area contributed by atoms with Crippen LogP contribution in [-0.2, 0) is 10.9 Å². The molecule has 0 unspecified atom stereocenters. The fourth-order valence-corrected chi connectivity index (χ4v) is 2.19. The lowest BCUT2D eigenvalue weighted by Crippen LogP contribution is -2.08. The first kappa shape index (κ1) is 13.8. The molecular formula is C16H11F3O2. The van der Waals surface area contributed by atoms with Crippen LogP contribution in [0, 0.1) is 0 Å². The molecule has 0 bridgehead atoms. The van der Waals surface area contributed by atoms with Crippen LogP contribution in [0.3, 0.4) is 0 Å². The molecule has 2 atom stereocenters. The molecule has 0 spiro atoms. The van der Waals surface area contributed by atoms with Gasteiger partial charge in [-0.15, -0.1) is 0 Å². The summed E-state index contributed by atoms with van der Waals surface area (Å²) < 4.78 is 42.7. The predicted molar refractivity (Wildman–Crippen MR) is 69.8 cm³/mol. The summed E-state index contributed by atoms with van der Waals surface area (Å²) in [6.45, 7) is 0. The average molecular weight is 292 g/mol. The van der Waals surface area contributed by atoms with Crippen molar-refractivity contribution >= 4 is 5.78 Å². The summed E-state index contributed by atoms with van der Waals surface area (Å²) in [6.07, 6.45) is -5.42. The number of epoxide rings is 1. The highest BCUT2D eigenvalue weighted by atomic mass is 19.4. The van der Waals surface area contributed by atoms with E-state index >= 15 is 0 Å². The van der Waals surface area contributed by atoms with Crippen LogP contribution in [0.1, 0.15) is 27.6 Å². The average Bonchev–Trinajstić information content (AvgIpc) is 3.27. The molecule has 0 N–H and O–H groups in total. The van der Waals surface area contributed by atoms with Gasteiger partial charge in [-0.1, -0.05) is 42.5 Å². The SMILES string of the molecule is O=C(c1ccccc1)[C@@H]1O[C@H]1c1ccc(C(F)(F)F)cc1. The number of alkyl halides is 3. The summed E-state index contributed by atoms with van der Waals surface area (Å²) in [4.78, 5) is 12.1. The molecular weight excluding hydrogens is 281 g/mol. The number of halogens is 3. The van der Waals surface area contributed by atoms with Crippen LogP contribution >= 0.6 is 0 Å². The summed E-state index contributed by atoms with van der Waals surface area (Å²) in [5, 5.41) is 0. The second-order valence-corrected chi connectivity index (χ2v) is 4.83. The van der Waals surface area contributed by atoms with Crippen molar-refractivity contribution < 1.29 is 22.7 Å². The number of ketones is 1. The standard InChI is InChI=1S/C16H11F3O2/c17-16(18,19)12-8-6-11(7-9-12)14-15(21-14)13(20)10-4-2-1-3-5-10/h1-9,14-15H/t14-,15-/m0/s1. The molecule has 5 heteroatoms. The van der Waals surface area contributed by atoms with E-state index in [4.69, 9.17) is 4.74 Å². The van der Waals surface area contributed by atoms with Gasteiger partial charge in [0.05, 0.1) is 5.56 Å². The molecule has 1 fully saturated rings. The number of Topliss-reactive ketones (excluding diaryl/α,β-unsaturated/α-hetero) is 1. The maximum absolute atomic E-state index is 12.5. The van der Waals surface area contributed by atoms with Crippen LogP contribution in [0.25, 0.3) is 0 Å². The second kappa shape index (κ2) is 5.00. The Labute approximate surface area is 119 Å². The lowest BCUT2D eigenvalue weighted by molar-refractivity contribution is -0.137. The number of benzene rings is 2. The van der Waals surface area contributed by atoms with Gasteiger partial charge in [0.2, 0.25) is 0 Å². The molecule has 1 saturated heterocycles. The maximum Gasteiger partial charge on any atom is 0.416 e. The van der Waals surface area contributed by atoms with Gasteiger partial charge in [-0.05, 0) is 17.7 Å². The van der Waals surface area contributed by atoms with Gasteiger partial charge < -0.3 is 4.74 Å². The van der Waals surface area contributed by atoms with Crippen molar-refractivity contribution in [3.63, 3.8) is 0 Å². The lowest BCUT2D eigenvalue weighted by Gasteiger charge is -2.06. The van der Waals surface area contributed by atoms with Crippen molar-refractivity contribution in [1.29, 1.82) is 0 Å². The van der Waals surface area contributed by atoms with Gasteiger partial charge in [0.1, 0.15) is 6.10 Å². The van der Waals surface area contributed by atoms with Gasteiger partial charge in [0.15, 0.2) is 11.9 Å². The van der Waals surface area contributed by atoms with E-state index in [1.54, 1.807) is 30.3 Å². The highest BCUT2D eigenvalue weighted by Gasteiger charge is 2.46. The first-order chi connectivity index (χ1) is 9.97. The van der Waals surface area contributed by atoms with Gasteiger partial charge in [-0.25, -0.2) is 0 Å². The number of ether oxygens (including phenoxy) is 1. The van der Waals surface area contributed by atoms with E-state index in [9.17, 15) is 18.0 Å². The van der Waals surface area contributed by atoms with E-state index in [-0.39, 0.29) is 5.78 Å². The summed E-state index contributed by atoms with van der Waals surface area (Å²) in [6, 6.07) is 13.4. The maximum atomic E-state index is 12.5. The van der Waals surface area contributed by atoms with Crippen LogP contribution < -0.4 is 0 Å². The Morgan fingerprint density at radius 2 is 1.57 bits per heavy atom. The van der Waals surface area contributed by atoms with Gasteiger partial charge >= 0.3 is 6.18 Å². The Hall–Kier alpha value is -2.14. The summed E-state index contributed by atoms with van der Waals surface area (Å²) in [5.74, 6) is -0.152. The Morgan fingerprint density at radius 1 is 0.952 bits per heavy atom. The van der Waals surface area contributed by atoms with E-state index in [0.29, 0.717) is 11.1 Å². The highest BCUT2D eigenvalue weighted by Crippen LogP contribution is 2.41. The predicted octanol–water partition coefficient (Wildman–Crippen LogP) is 4.03. The molecule has 2 aromatic rings. The summed E-state index contributed by atoms with van der Waals surface area (Å²) >= 11 is 0. The molecule has 2 nitrogen and oxygen atoms in total. The third-order valence-electron chi connectivity index (χ3n) is 3.37. The smallest absolute Gasteiger partial charge is 0.356 e. The van der Waals surface area contributed by atoms with Crippen molar-refractivity contribution in [1.82, 2.24) is 0 Å². The molecule has 3 rings (SSSR count). The number of rotatable bonds is 3. The van der Waals surface area contributed by atoms with Crippen molar-refractivity contribution in [2.24, 2.45) is 0 Å². The van der Waals surface area contributed by atoms with Crippen LogP contribution in [0.5, 0.6) is 0 Å². The molecule has 0 saturated carbocycles.